The van der Waals surface area contributed by atoms with Crippen LogP contribution >= 0.6 is 11.3 Å². The van der Waals surface area contributed by atoms with Crippen molar-refractivity contribution in [2.24, 2.45) is 0 Å². The number of nitrogens with zero attached hydrogens (tertiary/aromatic N) is 2. The van der Waals surface area contributed by atoms with E-state index >= 15 is 0 Å². The minimum Gasteiger partial charge on any atom is -0.420 e. The van der Waals surface area contributed by atoms with Crippen molar-refractivity contribution >= 4 is 11.3 Å². The normalized spacial score (nSPS) is 10.8. The van der Waals surface area contributed by atoms with Crippen molar-refractivity contribution in [3.63, 3.8) is 0 Å². The molecule has 0 saturated carbocycles. The molecule has 0 N–H and O–H groups in total. The summed E-state index contributed by atoms with van der Waals surface area (Å²) in [5.74, 6) is 0.657. The van der Waals surface area contributed by atoms with E-state index < -0.39 is 0 Å². The minimum absolute atomic E-state index is 0.255. The summed E-state index contributed by atoms with van der Waals surface area (Å²) in [6.45, 7) is 2.02. The standard InChI is InChI=1S/C14H11FN2OS/c1-9-6-7-12(19-9)14-17-16-13(18-14)8-10-4-2-3-5-11(10)15/h2-7H,8H2,1H3. The Morgan fingerprint density at radius 1 is 1.16 bits per heavy atom. The molecule has 0 spiro atoms. The molecule has 1 aromatic carbocycles. The third kappa shape index (κ3) is 2.56. The molecule has 0 aliphatic heterocycles. The number of halogens is 1. The Morgan fingerprint density at radius 3 is 2.74 bits per heavy atom. The molecule has 0 radical (unpaired) electrons. The fourth-order valence-corrected chi connectivity index (χ4v) is 2.57. The quantitative estimate of drug-likeness (QED) is 0.728. The summed E-state index contributed by atoms with van der Waals surface area (Å²) in [5.41, 5.74) is 0.556. The Hall–Kier alpha value is -2.01. The Balaban J connectivity index is 1.84. The van der Waals surface area contributed by atoms with Gasteiger partial charge in [0.25, 0.3) is 5.89 Å². The van der Waals surface area contributed by atoms with Crippen LogP contribution in [0.4, 0.5) is 4.39 Å². The van der Waals surface area contributed by atoms with Crippen molar-refractivity contribution in [1.29, 1.82) is 0 Å². The van der Waals surface area contributed by atoms with E-state index in [-0.39, 0.29) is 5.82 Å². The molecule has 0 bridgehead atoms. The van der Waals surface area contributed by atoms with Crippen molar-refractivity contribution < 1.29 is 8.81 Å². The predicted molar refractivity (Wildman–Crippen MR) is 71.6 cm³/mol. The third-order valence-corrected chi connectivity index (χ3v) is 3.71. The van der Waals surface area contributed by atoms with Crippen molar-refractivity contribution in [3.05, 3.63) is 58.5 Å². The van der Waals surface area contributed by atoms with Crippen molar-refractivity contribution in [2.45, 2.75) is 13.3 Å². The van der Waals surface area contributed by atoms with Crippen LogP contribution in [-0.2, 0) is 6.42 Å². The van der Waals surface area contributed by atoms with E-state index in [9.17, 15) is 4.39 Å². The number of rotatable bonds is 3. The molecule has 0 aliphatic rings. The van der Waals surface area contributed by atoms with Crippen LogP contribution in [0.1, 0.15) is 16.3 Å². The topological polar surface area (TPSA) is 38.9 Å². The molecule has 0 amide bonds. The van der Waals surface area contributed by atoms with E-state index in [4.69, 9.17) is 4.42 Å². The highest BCUT2D eigenvalue weighted by Gasteiger charge is 2.12. The summed E-state index contributed by atoms with van der Waals surface area (Å²) >= 11 is 1.59. The van der Waals surface area contributed by atoms with Gasteiger partial charge in [-0.05, 0) is 30.7 Å². The van der Waals surface area contributed by atoms with Gasteiger partial charge in [-0.25, -0.2) is 4.39 Å². The van der Waals surface area contributed by atoms with Crippen LogP contribution < -0.4 is 0 Å². The Kier molecular flexibility index (Phi) is 3.13. The lowest BCUT2D eigenvalue weighted by Crippen LogP contribution is -1.92. The number of hydrogen-bond donors (Lipinski definition) is 0. The summed E-state index contributed by atoms with van der Waals surface area (Å²) in [4.78, 5) is 2.12. The van der Waals surface area contributed by atoms with Gasteiger partial charge in [-0.2, -0.15) is 0 Å². The van der Waals surface area contributed by atoms with E-state index in [1.54, 1.807) is 29.5 Å². The first-order chi connectivity index (χ1) is 9.22. The smallest absolute Gasteiger partial charge is 0.257 e. The van der Waals surface area contributed by atoms with Gasteiger partial charge in [-0.3, -0.25) is 0 Å². The second-order valence-corrected chi connectivity index (χ2v) is 5.47. The molecule has 19 heavy (non-hydrogen) atoms. The molecular weight excluding hydrogens is 263 g/mol. The largest absolute Gasteiger partial charge is 0.420 e. The van der Waals surface area contributed by atoms with E-state index in [2.05, 4.69) is 10.2 Å². The van der Waals surface area contributed by atoms with E-state index in [0.717, 1.165) is 4.88 Å². The highest BCUT2D eigenvalue weighted by Crippen LogP contribution is 2.26. The van der Waals surface area contributed by atoms with Crippen LogP contribution in [-0.4, -0.2) is 10.2 Å². The Morgan fingerprint density at radius 2 is 2.00 bits per heavy atom. The third-order valence-electron chi connectivity index (χ3n) is 2.72. The average molecular weight is 274 g/mol. The molecule has 0 saturated heterocycles. The van der Waals surface area contributed by atoms with Gasteiger partial charge in [0.2, 0.25) is 5.89 Å². The average Bonchev–Trinajstić information content (AvgIpc) is 3.01. The first-order valence-electron chi connectivity index (χ1n) is 5.85. The lowest BCUT2D eigenvalue weighted by molar-refractivity contribution is 0.512. The molecule has 0 unspecified atom stereocenters. The van der Waals surface area contributed by atoms with Crippen LogP contribution in [0.5, 0.6) is 0 Å². The van der Waals surface area contributed by atoms with Crippen LogP contribution in [0.2, 0.25) is 0 Å². The van der Waals surface area contributed by atoms with Gasteiger partial charge in [0.15, 0.2) is 0 Å². The lowest BCUT2D eigenvalue weighted by Gasteiger charge is -1.97. The fourth-order valence-electron chi connectivity index (χ4n) is 1.78. The van der Waals surface area contributed by atoms with Crippen molar-refractivity contribution in [2.75, 3.05) is 0 Å². The molecular formula is C14H11FN2OS. The minimum atomic E-state index is -0.255. The van der Waals surface area contributed by atoms with Gasteiger partial charge in [0.1, 0.15) is 5.82 Å². The summed E-state index contributed by atoms with van der Waals surface area (Å²) in [5, 5.41) is 7.96. The molecule has 0 atom stereocenters. The van der Waals surface area contributed by atoms with Crippen molar-refractivity contribution in [3.8, 4) is 10.8 Å². The SMILES string of the molecule is Cc1ccc(-c2nnc(Cc3ccccc3F)o2)s1. The van der Waals surface area contributed by atoms with Gasteiger partial charge < -0.3 is 4.42 Å². The first-order valence-corrected chi connectivity index (χ1v) is 6.66. The highest BCUT2D eigenvalue weighted by molar-refractivity contribution is 7.15. The Labute approximate surface area is 113 Å². The van der Waals surface area contributed by atoms with Gasteiger partial charge in [0, 0.05) is 4.88 Å². The monoisotopic (exact) mass is 274 g/mol. The number of aromatic nitrogens is 2. The Bertz CT molecular complexity index is 705. The van der Waals surface area contributed by atoms with E-state index in [1.807, 2.05) is 19.1 Å². The second-order valence-electron chi connectivity index (χ2n) is 4.18. The molecule has 0 fully saturated rings. The van der Waals surface area contributed by atoms with Crippen LogP contribution in [0, 0.1) is 12.7 Å². The number of thiophene rings is 1. The van der Waals surface area contributed by atoms with Crippen LogP contribution in [0.3, 0.4) is 0 Å². The molecule has 3 rings (SSSR count). The molecule has 5 heteroatoms. The van der Waals surface area contributed by atoms with Gasteiger partial charge in [0.05, 0.1) is 11.3 Å². The first kappa shape index (κ1) is 12.0. The summed E-state index contributed by atoms with van der Waals surface area (Å²) in [7, 11) is 0. The zero-order valence-electron chi connectivity index (χ0n) is 10.3. The number of aryl methyl sites for hydroxylation is 1. The molecule has 2 aromatic heterocycles. The van der Waals surface area contributed by atoms with Crippen LogP contribution in [0.25, 0.3) is 10.8 Å². The van der Waals surface area contributed by atoms with Gasteiger partial charge in [-0.1, -0.05) is 18.2 Å². The van der Waals surface area contributed by atoms with E-state index in [1.165, 1.54) is 10.9 Å². The van der Waals surface area contributed by atoms with Gasteiger partial charge in [-0.15, -0.1) is 21.5 Å². The van der Waals surface area contributed by atoms with Crippen molar-refractivity contribution in [1.82, 2.24) is 10.2 Å². The maximum atomic E-state index is 13.5. The molecule has 3 aromatic rings. The maximum absolute atomic E-state index is 13.5. The van der Waals surface area contributed by atoms with Crippen LogP contribution in [0.15, 0.2) is 40.8 Å². The summed E-state index contributed by atoms with van der Waals surface area (Å²) in [6.07, 6.45) is 0.310. The maximum Gasteiger partial charge on any atom is 0.257 e. The molecule has 0 aliphatic carbocycles. The summed E-state index contributed by atoms with van der Waals surface area (Å²) in [6, 6.07) is 10.5. The molecule has 3 nitrogen and oxygen atoms in total. The molecule has 2 heterocycles. The highest BCUT2D eigenvalue weighted by atomic mass is 32.1. The number of benzene rings is 1. The molecule has 96 valence electrons. The zero-order chi connectivity index (χ0) is 13.2. The van der Waals surface area contributed by atoms with Gasteiger partial charge >= 0.3 is 0 Å². The predicted octanol–water partition coefficient (Wildman–Crippen LogP) is 3.84. The summed E-state index contributed by atoms with van der Waals surface area (Å²) < 4.78 is 19.1. The fraction of sp³-hybridized carbons (Fsp3) is 0.143. The van der Waals surface area contributed by atoms with E-state index in [0.29, 0.717) is 23.8 Å². The number of hydrogen-bond acceptors (Lipinski definition) is 4. The lowest BCUT2D eigenvalue weighted by atomic mass is 10.1. The zero-order valence-corrected chi connectivity index (χ0v) is 11.1. The second kappa shape index (κ2) is 4.93.